The van der Waals surface area contributed by atoms with Crippen molar-refractivity contribution in [2.75, 3.05) is 13.1 Å². The smallest absolute Gasteiger partial charge is 0.245 e. The Morgan fingerprint density at radius 1 is 1.33 bits per heavy atom. The number of nitrogens with zero attached hydrogens (tertiary/aromatic N) is 1. The Balaban J connectivity index is 2.24. The number of rotatable bonds is 2. The number of piperazine rings is 1. The van der Waals surface area contributed by atoms with E-state index in [9.17, 15) is 9.59 Å². The van der Waals surface area contributed by atoms with Crippen LogP contribution in [0.25, 0.3) is 0 Å². The van der Waals surface area contributed by atoms with Gasteiger partial charge in [-0.25, -0.2) is 0 Å². The van der Waals surface area contributed by atoms with Crippen LogP contribution in [0.5, 0.6) is 0 Å². The summed E-state index contributed by atoms with van der Waals surface area (Å²) in [6.07, 6.45) is 5.13. The molecule has 1 aliphatic carbocycles. The molecule has 4 heteroatoms. The zero-order chi connectivity index (χ0) is 13.4. The van der Waals surface area contributed by atoms with Crippen LogP contribution in [0.3, 0.4) is 0 Å². The van der Waals surface area contributed by atoms with Crippen LogP contribution in [0.2, 0.25) is 0 Å². The quantitative estimate of drug-likeness (QED) is 0.813. The molecule has 4 nitrogen and oxygen atoms in total. The maximum Gasteiger partial charge on any atom is 0.245 e. The lowest BCUT2D eigenvalue weighted by molar-refractivity contribution is -0.156. The van der Waals surface area contributed by atoms with Gasteiger partial charge in [-0.3, -0.25) is 9.59 Å². The Morgan fingerprint density at radius 3 is 2.50 bits per heavy atom. The molecule has 18 heavy (non-hydrogen) atoms. The van der Waals surface area contributed by atoms with Gasteiger partial charge in [0.25, 0.3) is 0 Å². The van der Waals surface area contributed by atoms with Gasteiger partial charge in [0, 0.05) is 18.5 Å². The van der Waals surface area contributed by atoms with E-state index in [4.69, 9.17) is 0 Å². The summed E-state index contributed by atoms with van der Waals surface area (Å²) < 4.78 is 0. The molecule has 2 fully saturated rings. The fourth-order valence-electron chi connectivity index (χ4n) is 3.31. The van der Waals surface area contributed by atoms with Crippen molar-refractivity contribution in [2.45, 2.75) is 58.4 Å². The van der Waals surface area contributed by atoms with E-state index in [0.717, 1.165) is 32.1 Å². The van der Waals surface area contributed by atoms with Crippen molar-refractivity contribution in [1.82, 2.24) is 10.2 Å². The molecule has 0 bridgehead atoms. The maximum atomic E-state index is 12.9. The standard InChI is InChI=1S/C14H24N2O2/c1-4-14(7-5-6-8-14)12(18)16-10-9-15-11(17)13(16,2)3/h4-10H2,1-3H3,(H,15,17). The largest absolute Gasteiger partial charge is 0.352 e. The maximum absolute atomic E-state index is 12.9. The third kappa shape index (κ3) is 1.91. The second kappa shape index (κ2) is 4.56. The highest BCUT2D eigenvalue weighted by Gasteiger charge is 2.48. The van der Waals surface area contributed by atoms with E-state index in [1.54, 1.807) is 4.90 Å². The van der Waals surface area contributed by atoms with Crippen molar-refractivity contribution in [3.8, 4) is 0 Å². The van der Waals surface area contributed by atoms with Crippen molar-refractivity contribution in [2.24, 2.45) is 5.41 Å². The average Bonchev–Trinajstić information content (AvgIpc) is 2.82. The Morgan fingerprint density at radius 2 is 1.94 bits per heavy atom. The summed E-state index contributed by atoms with van der Waals surface area (Å²) in [5.74, 6) is 0.161. The first kappa shape index (κ1) is 13.4. The molecule has 2 amide bonds. The highest BCUT2D eigenvalue weighted by atomic mass is 16.2. The monoisotopic (exact) mass is 252 g/mol. The van der Waals surface area contributed by atoms with Crippen molar-refractivity contribution >= 4 is 11.8 Å². The molecule has 0 aromatic heterocycles. The van der Waals surface area contributed by atoms with Crippen molar-refractivity contribution in [1.29, 1.82) is 0 Å². The average molecular weight is 252 g/mol. The lowest BCUT2D eigenvalue weighted by atomic mass is 9.80. The minimum atomic E-state index is -0.708. The molecule has 102 valence electrons. The van der Waals surface area contributed by atoms with Crippen LogP contribution in [0.4, 0.5) is 0 Å². The Labute approximate surface area is 109 Å². The highest BCUT2D eigenvalue weighted by Crippen LogP contribution is 2.43. The van der Waals surface area contributed by atoms with Gasteiger partial charge in [-0.2, -0.15) is 0 Å². The normalized spacial score (nSPS) is 25.9. The van der Waals surface area contributed by atoms with E-state index in [1.165, 1.54) is 0 Å². The van der Waals surface area contributed by atoms with Crippen LogP contribution >= 0.6 is 0 Å². The molecule has 2 rings (SSSR count). The summed E-state index contributed by atoms with van der Waals surface area (Å²) in [6.45, 7) is 7.00. The molecular weight excluding hydrogens is 228 g/mol. The molecular formula is C14H24N2O2. The first-order valence-corrected chi connectivity index (χ1v) is 7.04. The molecule has 0 aromatic rings. The minimum absolute atomic E-state index is 0.0358. The summed E-state index contributed by atoms with van der Waals surface area (Å²) in [5, 5.41) is 2.85. The zero-order valence-electron chi connectivity index (χ0n) is 11.7. The van der Waals surface area contributed by atoms with Gasteiger partial charge in [0.1, 0.15) is 5.54 Å². The van der Waals surface area contributed by atoms with E-state index >= 15 is 0 Å². The van der Waals surface area contributed by atoms with Crippen LogP contribution in [0.1, 0.15) is 52.9 Å². The van der Waals surface area contributed by atoms with E-state index in [0.29, 0.717) is 13.1 Å². The number of carbonyl (C=O) groups is 2. The van der Waals surface area contributed by atoms with Crippen molar-refractivity contribution < 1.29 is 9.59 Å². The van der Waals surface area contributed by atoms with Gasteiger partial charge < -0.3 is 10.2 Å². The van der Waals surface area contributed by atoms with Gasteiger partial charge in [0.2, 0.25) is 11.8 Å². The summed E-state index contributed by atoms with van der Waals surface area (Å²) in [7, 11) is 0. The molecule has 1 saturated carbocycles. The van der Waals surface area contributed by atoms with Crippen LogP contribution in [0, 0.1) is 5.41 Å². The Bertz CT molecular complexity index is 357. The third-order valence-electron chi connectivity index (χ3n) is 4.79. The lowest BCUT2D eigenvalue weighted by Crippen LogP contribution is -2.65. The van der Waals surface area contributed by atoms with Gasteiger partial charge in [-0.1, -0.05) is 19.8 Å². The molecule has 1 aliphatic heterocycles. The van der Waals surface area contributed by atoms with E-state index < -0.39 is 5.54 Å². The zero-order valence-corrected chi connectivity index (χ0v) is 11.7. The summed E-state index contributed by atoms with van der Waals surface area (Å²) >= 11 is 0. The Kier molecular flexibility index (Phi) is 3.39. The molecule has 1 saturated heterocycles. The number of hydrogen-bond donors (Lipinski definition) is 1. The van der Waals surface area contributed by atoms with Gasteiger partial charge in [-0.15, -0.1) is 0 Å². The number of amides is 2. The minimum Gasteiger partial charge on any atom is -0.352 e. The summed E-state index contributed by atoms with van der Waals surface area (Å²) in [5.41, 5.74) is -0.908. The van der Waals surface area contributed by atoms with Crippen molar-refractivity contribution in [3.05, 3.63) is 0 Å². The van der Waals surface area contributed by atoms with E-state index in [-0.39, 0.29) is 17.2 Å². The van der Waals surface area contributed by atoms with Crippen LogP contribution < -0.4 is 5.32 Å². The summed E-state index contributed by atoms with van der Waals surface area (Å²) in [6, 6.07) is 0. The second-order valence-electron chi connectivity index (χ2n) is 6.11. The van der Waals surface area contributed by atoms with Gasteiger partial charge >= 0.3 is 0 Å². The first-order chi connectivity index (χ1) is 8.44. The fourth-order valence-corrected chi connectivity index (χ4v) is 3.31. The second-order valence-corrected chi connectivity index (χ2v) is 6.11. The Hall–Kier alpha value is -1.06. The predicted molar refractivity (Wildman–Crippen MR) is 70.0 cm³/mol. The number of carbonyl (C=O) groups excluding carboxylic acids is 2. The molecule has 1 heterocycles. The fraction of sp³-hybridized carbons (Fsp3) is 0.857. The molecule has 2 aliphatic rings. The molecule has 0 unspecified atom stereocenters. The molecule has 0 radical (unpaired) electrons. The highest BCUT2D eigenvalue weighted by molar-refractivity contribution is 5.93. The molecule has 0 atom stereocenters. The predicted octanol–water partition coefficient (Wildman–Crippen LogP) is 1.69. The molecule has 1 N–H and O–H groups in total. The number of hydrogen-bond acceptors (Lipinski definition) is 2. The van der Waals surface area contributed by atoms with E-state index in [1.807, 2.05) is 13.8 Å². The van der Waals surface area contributed by atoms with Crippen molar-refractivity contribution in [3.63, 3.8) is 0 Å². The molecule has 0 spiro atoms. The summed E-state index contributed by atoms with van der Waals surface area (Å²) in [4.78, 5) is 26.6. The topological polar surface area (TPSA) is 49.4 Å². The first-order valence-electron chi connectivity index (χ1n) is 7.04. The SMILES string of the molecule is CCC1(C(=O)N2CCNC(=O)C2(C)C)CCCC1. The van der Waals surface area contributed by atoms with E-state index in [2.05, 4.69) is 12.2 Å². The molecule has 0 aromatic carbocycles. The third-order valence-corrected chi connectivity index (χ3v) is 4.79. The van der Waals surface area contributed by atoms with Gasteiger partial charge in [0.05, 0.1) is 0 Å². The number of nitrogens with one attached hydrogen (secondary N) is 1. The van der Waals surface area contributed by atoms with Gasteiger partial charge in [-0.05, 0) is 33.1 Å². The lowest BCUT2D eigenvalue weighted by Gasteiger charge is -2.45. The van der Waals surface area contributed by atoms with Crippen LogP contribution in [-0.2, 0) is 9.59 Å². The van der Waals surface area contributed by atoms with Gasteiger partial charge in [0.15, 0.2) is 0 Å². The van der Waals surface area contributed by atoms with Crippen LogP contribution in [-0.4, -0.2) is 35.3 Å². The van der Waals surface area contributed by atoms with Crippen LogP contribution in [0.15, 0.2) is 0 Å².